The minimum absolute atomic E-state index is 0.428. The number of rotatable bonds is 6. The summed E-state index contributed by atoms with van der Waals surface area (Å²) in [6.45, 7) is 5.73. The fraction of sp³-hybridized carbons (Fsp3) is 1.00. The zero-order chi connectivity index (χ0) is 9.61. The molecule has 0 rings (SSSR count). The Balaban J connectivity index is 3.56. The van der Waals surface area contributed by atoms with Gasteiger partial charge in [0.05, 0.1) is 12.2 Å². The molecule has 1 atom stereocenters. The molecule has 0 saturated carbocycles. The Kier molecular flexibility index (Phi) is 5.46. The number of aliphatic hydroxyl groups is 1. The molecule has 0 saturated heterocycles. The van der Waals surface area contributed by atoms with E-state index in [2.05, 4.69) is 4.90 Å². The van der Waals surface area contributed by atoms with E-state index in [1.54, 1.807) is 0 Å². The van der Waals surface area contributed by atoms with E-state index >= 15 is 0 Å². The van der Waals surface area contributed by atoms with E-state index in [0.29, 0.717) is 13.2 Å². The lowest BCUT2D eigenvalue weighted by Crippen LogP contribution is -2.34. The fourth-order valence-corrected chi connectivity index (χ4v) is 0.859. The van der Waals surface area contributed by atoms with Gasteiger partial charge < -0.3 is 14.7 Å². The highest BCUT2D eigenvalue weighted by atomic mass is 16.5. The first-order valence-corrected chi connectivity index (χ1v) is 4.43. The number of hydrogen-bond donors (Lipinski definition) is 1. The van der Waals surface area contributed by atoms with Crippen molar-refractivity contribution in [3.63, 3.8) is 0 Å². The van der Waals surface area contributed by atoms with Gasteiger partial charge in [-0.15, -0.1) is 0 Å². The highest BCUT2D eigenvalue weighted by Gasteiger charge is 2.19. The third-order valence-corrected chi connectivity index (χ3v) is 1.71. The standard InChI is InChI=1S/C9H21NO2/c1-5-12-8-9(2,11)6-7-10(3)4/h11H,5-8H2,1-4H3. The van der Waals surface area contributed by atoms with E-state index in [4.69, 9.17) is 4.74 Å². The van der Waals surface area contributed by atoms with Gasteiger partial charge in [-0.2, -0.15) is 0 Å². The van der Waals surface area contributed by atoms with Crippen molar-refractivity contribution in [2.24, 2.45) is 0 Å². The molecule has 3 nitrogen and oxygen atoms in total. The largest absolute Gasteiger partial charge is 0.388 e. The third-order valence-electron chi connectivity index (χ3n) is 1.71. The molecule has 0 bridgehead atoms. The smallest absolute Gasteiger partial charge is 0.0864 e. The molecular weight excluding hydrogens is 154 g/mol. The van der Waals surface area contributed by atoms with Gasteiger partial charge >= 0.3 is 0 Å². The van der Waals surface area contributed by atoms with Crippen LogP contribution >= 0.6 is 0 Å². The first-order valence-electron chi connectivity index (χ1n) is 4.43. The molecule has 0 heterocycles. The summed E-state index contributed by atoms with van der Waals surface area (Å²) in [4.78, 5) is 2.06. The Hall–Kier alpha value is -0.120. The molecular formula is C9H21NO2. The lowest BCUT2D eigenvalue weighted by atomic mass is 10.0. The molecule has 0 aliphatic carbocycles. The van der Waals surface area contributed by atoms with E-state index in [-0.39, 0.29) is 0 Å². The van der Waals surface area contributed by atoms with E-state index in [0.717, 1.165) is 13.0 Å². The van der Waals surface area contributed by atoms with Crippen LogP contribution in [0.1, 0.15) is 20.3 Å². The van der Waals surface area contributed by atoms with Crippen LogP contribution in [0.3, 0.4) is 0 Å². The van der Waals surface area contributed by atoms with E-state index < -0.39 is 5.60 Å². The van der Waals surface area contributed by atoms with Crippen LogP contribution in [0.5, 0.6) is 0 Å². The molecule has 0 aromatic rings. The molecule has 0 aromatic heterocycles. The molecule has 0 amide bonds. The van der Waals surface area contributed by atoms with Gasteiger partial charge in [0.25, 0.3) is 0 Å². The third kappa shape index (κ3) is 6.58. The molecule has 1 N–H and O–H groups in total. The fourth-order valence-electron chi connectivity index (χ4n) is 0.859. The Morgan fingerprint density at radius 2 is 2.00 bits per heavy atom. The lowest BCUT2D eigenvalue weighted by molar-refractivity contribution is -0.0385. The molecule has 0 radical (unpaired) electrons. The summed E-state index contributed by atoms with van der Waals surface area (Å²) in [7, 11) is 3.99. The number of hydrogen-bond acceptors (Lipinski definition) is 3. The van der Waals surface area contributed by atoms with Crippen LogP contribution in [0.25, 0.3) is 0 Å². The first-order chi connectivity index (χ1) is 5.48. The SMILES string of the molecule is CCOCC(C)(O)CCN(C)C. The summed E-state index contributed by atoms with van der Waals surface area (Å²) in [5.74, 6) is 0. The zero-order valence-electron chi connectivity index (χ0n) is 8.63. The van der Waals surface area contributed by atoms with Crippen LogP contribution in [-0.2, 0) is 4.74 Å². The Morgan fingerprint density at radius 3 is 2.42 bits per heavy atom. The second-order valence-corrected chi connectivity index (χ2v) is 3.69. The Morgan fingerprint density at radius 1 is 1.42 bits per heavy atom. The monoisotopic (exact) mass is 175 g/mol. The average molecular weight is 175 g/mol. The van der Waals surface area contributed by atoms with Crippen LogP contribution in [-0.4, -0.2) is 49.5 Å². The van der Waals surface area contributed by atoms with Gasteiger partial charge in [0, 0.05) is 13.2 Å². The van der Waals surface area contributed by atoms with Gasteiger partial charge in [0.2, 0.25) is 0 Å². The molecule has 1 unspecified atom stereocenters. The van der Waals surface area contributed by atoms with Crippen molar-refractivity contribution in [1.29, 1.82) is 0 Å². The maximum Gasteiger partial charge on any atom is 0.0864 e. The quantitative estimate of drug-likeness (QED) is 0.646. The van der Waals surface area contributed by atoms with Crippen molar-refractivity contribution in [3.05, 3.63) is 0 Å². The molecule has 0 aliphatic rings. The van der Waals surface area contributed by atoms with Crippen molar-refractivity contribution in [3.8, 4) is 0 Å². The second kappa shape index (κ2) is 5.51. The molecule has 3 heteroatoms. The summed E-state index contributed by atoms with van der Waals surface area (Å²) in [5, 5.41) is 9.74. The Labute approximate surface area is 75.3 Å². The van der Waals surface area contributed by atoms with Crippen LogP contribution in [0.2, 0.25) is 0 Å². The maximum atomic E-state index is 9.74. The van der Waals surface area contributed by atoms with Crippen molar-refractivity contribution in [2.75, 3.05) is 33.9 Å². The van der Waals surface area contributed by atoms with Crippen molar-refractivity contribution in [1.82, 2.24) is 4.90 Å². The van der Waals surface area contributed by atoms with Gasteiger partial charge in [-0.1, -0.05) is 0 Å². The summed E-state index contributed by atoms with van der Waals surface area (Å²) in [5.41, 5.74) is -0.680. The Bertz CT molecular complexity index is 113. The predicted molar refractivity (Wildman–Crippen MR) is 50.3 cm³/mol. The average Bonchev–Trinajstić information content (AvgIpc) is 1.98. The second-order valence-electron chi connectivity index (χ2n) is 3.69. The highest BCUT2D eigenvalue weighted by molar-refractivity contribution is 4.72. The molecule has 0 aromatic carbocycles. The van der Waals surface area contributed by atoms with E-state index in [1.165, 1.54) is 0 Å². The van der Waals surface area contributed by atoms with Crippen LogP contribution < -0.4 is 0 Å². The minimum atomic E-state index is -0.680. The molecule has 0 spiro atoms. The normalized spacial score (nSPS) is 16.5. The summed E-state index contributed by atoms with van der Waals surface area (Å²) in [6, 6.07) is 0. The zero-order valence-corrected chi connectivity index (χ0v) is 8.63. The molecule has 0 aliphatic heterocycles. The van der Waals surface area contributed by atoms with Crippen LogP contribution in [0.15, 0.2) is 0 Å². The number of nitrogens with zero attached hydrogens (tertiary/aromatic N) is 1. The summed E-state index contributed by atoms with van der Waals surface area (Å²) in [6.07, 6.45) is 0.750. The van der Waals surface area contributed by atoms with E-state index in [9.17, 15) is 5.11 Å². The van der Waals surface area contributed by atoms with Crippen molar-refractivity contribution < 1.29 is 9.84 Å². The van der Waals surface area contributed by atoms with Crippen molar-refractivity contribution in [2.45, 2.75) is 25.9 Å². The summed E-state index contributed by atoms with van der Waals surface area (Å²) >= 11 is 0. The topological polar surface area (TPSA) is 32.7 Å². The molecule has 74 valence electrons. The number of ether oxygens (including phenoxy) is 1. The lowest BCUT2D eigenvalue weighted by Gasteiger charge is -2.24. The van der Waals surface area contributed by atoms with Crippen LogP contribution in [0, 0.1) is 0 Å². The summed E-state index contributed by atoms with van der Waals surface area (Å²) < 4.78 is 5.16. The van der Waals surface area contributed by atoms with Gasteiger partial charge in [-0.25, -0.2) is 0 Å². The van der Waals surface area contributed by atoms with Gasteiger partial charge in [-0.05, 0) is 34.4 Å². The van der Waals surface area contributed by atoms with Gasteiger partial charge in [0.1, 0.15) is 0 Å². The molecule has 12 heavy (non-hydrogen) atoms. The van der Waals surface area contributed by atoms with E-state index in [1.807, 2.05) is 27.9 Å². The molecule has 0 fully saturated rings. The predicted octanol–water partition coefficient (Wildman–Crippen LogP) is 0.726. The minimum Gasteiger partial charge on any atom is -0.388 e. The van der Waals surface area contributed by atoms with Crippen molar-refractivity contribution >= 4 is 0 Å². The maximum absolute atomic E-state index is 9.74. The first kappa shape index (κ1) is 11.9. The highest BCUT2D eigenvalue weighted by Crippen LogP contribution is 2.09. The van der Waals surface area contributed by atoms with Crippen LogP contribution in [0.4, 0.5) is 0 Å². The van der Waals surface area contributed by atoms with Gasteiger partial charge in [-0.3, -0.25) is 0 Å². The van der Waals surface area contributed by atoms with Gasteiger partial charge in [0.15, 0.2) is 0 Å².